The molecule has 6 nitrogen and oxygen atoms in total. The van der Waals surface area contributed by atoms with E-state index in [1.807, 2.05) is 0 Å². The second-order valence-electron chi connectivity index (χ2n) is 5.98. The average Bonchev–Trinajstić information content (AvgIpc) is 3.02. The summed E-state index contributed by atoms with van der Waals surface area (Å²) in [5, 5.41) is 11.2. The number of rotatable bonds is 6. The van der Waals surface area contributed by atoms with E-state index in [0.29, 0.717) is 24.9 Å². The van der Waals surface area contributed by atoms with Gasteiger partial charge in [-0.15, -0.1) is 10.2 Å². The number of amides is 1. The molecule has 3 rings (SSSR count). The van der Waals surface area contributed by atoms with Gasteiger partial charge in [0.1, 0.15) is 12.2 Å². The molecule has 1 heterocycles. The highest BCUT2D eigenvalue weighted by Crippen LogP contribution is 2.38. The van der Waals surface area contributed by atoms with E-state index < -0.39 is 0 Å². The summed E-state index contributed by atoms with van der Waals surface area (Å²) in [7, 11) is 0. The van der Waals surface area contributed by atoms with Gasteiger partial charge in [-0.3, -0.25) is 4.79 Å². The standard InChI is InChI=1S/C14H23N5O/c15-8-11-2-1-3-12(11)14(20)16-6-7-19-9-17-18-13(19)10-4-5-10/h9-12H,1-8,15H2,(H,16,20)/t11-,12-/m1/s1. The molecule has 2 fully saturated rings. The zero-order chi connectivity index (χ0) is 13.9. The molecule has 0 aliphatic heterocycles. The fourth-order valence-electron chi connectivity index (χ4n) is 3.19. The maximum Gasteiger partial charge on any atom is 0.223 e. The maximum atomic E-state index is 12.2. The topological polar surface area (TPSA) is 85.8 Å². The molecule has 2 aliphatic carbocycles. The number of nitrogens with one attached hydrogen (secondary N) is 1. The summed E-state index contributed by atoms with van der Waals surface area (Å²) in [6.07, 6.45) is 7.38. The van der Waals surface area contributed by atoms with Crippen LogP contribution in [0.4, 0.5) is 0 Å². The van der Waals surface area contributed by atoms with Gasteiger partial charge in [-0.1, -0.05) is 6.42 Å². The van der Waals surface area contributed by atoms with E-state index >= 15 is 0 Å². The van der Waals surface area contributed by atoms with Crippen LogP contribution in [0.3, 0.4) is 0 Å². The van der Waals surface area contributed by atoms with Crippen LogP contribution in [-0.2, 0) is 11.3 Å². The molecule has 2 aliphatic rings. The molecule has 6 heteroatoms. The van der Waals surface area contributed by atoms with Crippen LogP contribution < -0.4 is 11.1 Å². The van der Waals surface area contributed by atoms with Crippen molar-refractivity contribution in [2.24, 2.45) is 17.6 Å². The van der Waals surface area contributed by atoms with Crippen LogP contribution in [0.2, 0.25) is 0 Å². The third kappa shape index (κ3) is 2.85. The van der Waals surface area contributed by atoms with Crippen LogP contribution in [0.1, 0.15) is 43.8 Å². The lowest BCUT2D eigenvalue weighted by Crippen LogP contribution is -2.36. The SMILES string of the molecule is NC[C@H]1CCC[C@H]1C(=O)NCCn1cnnc1C1CC1. The fraction of sp³-hybridized carbons (Fsp3) is 0.786. The molecule has 0 aromatic carbocycles. The number of nitrogens with zero attached hydrogens (tertiary/aromatic N) is 3. The van der Waals surface area contributed by atoms with Crippen molar-refractivity contribution in [1.82, 2.24) is 20.1 Å². The minimum Gasteiger partial charge on any atom is -0.354 e. The van der Waals surface area contributed by atoms with Gasteiger partial charge in [0.25, 0.3) is 0 Å². The molecule has 110 valence electrons. The van der Waals surface area contributed by atoms with Gasteiger partial charge in [0, 0.05) is 24.9 Å². The number of hydrogen-bond donors (Lipinski definition) is 2. The zero-order valence-corrected chi connectivity index (χ0v) is 11.8. The molecule has 1 aromatic rings. The first-order valence-electron chi connectivity index (χ1n) is 7.65. The van der Waals surface area contributed by atoms with Crippen molar-refractivity contribution >= 4 is 5.91 Å². The van der Waals surface area contributed by atoms with Gasteiger partial charge in [0.2, 0.25) is 5.91 Å². The molecule has 20 heavy (non-hydrogen) atoms. The van der Waals surface area contributed by atoms with Crippen molar-refractivity contribution in [1.29, 1.82) is 0 Å². The monoisotopic (exact) mass is 277 g/mol. The third-order valence-corrected chi connectivity index (χ3v) is 4.54. The zero-order valence-electron chi connectivity index (χ0n) is 11.8. The van der Waals surface area contributed by atoms with Gasteiger partial charge in [0.15, 0.2) is 0 Å². The molecule has 3 N–H and O–H groups in total. The summed E-state index contributed by atoms with van der Waals surface area (Å²) < 4.78 is 2.06. The highest BCUT2D eigenvalue weighted by Gasteiger charge is 2.32. The van der Waals surface area contributed by atoms with Crippen molar-refractivity contribution < 1.29 is 4.79 Å². The average molecular weight is 277 g/mol. The second-order valence-corrected chi connectivity index (χ2v) is 5.98. The molecular formula is C14H23N5O. The number of hydrogen-bond acceptors (Lipinski definition) is 4. The van der Waals surface area contributed by atoms with Gasteiger partial charge in [-0.2, -0.15) is 0 Å². The Hall–Kier alpha value is -1.43. The minimum atomic E-state index is 0.115. The highest BCUT2D eigenvalue weighted by molar-refractivity contribution is 5.79. The van der Waals surface area contributed by atoms with E-state index in [4.69, 9.17) is 5.73 Å². The van der Waals surface area contributed by atoms with Gasteiger partial charge in [0.05, 0.1) is 0 Å². The summed E-state index contributed by atoms with van der Waals surface area (Å²) in [6, 6.07) is 0. The van der Waals surface area contributed by atoms with Crippen molar-refractivity contribution in [2.45, 2.75) is 44.6 Å². The van der Waals surface area contributed by atoms with E-state index in [0.717, 1.165) is 31.6 Å². The van der Waals surface area contributed by atoms with Crippen LogP contribution in [0.15, 0.2) is 6.33 Å². The Balaban J connectivity index is 1.47. The molecule has 0 bridgehead atoms. The molecule has 0 radical (unpaired) electrons. The Kier molecular flexibility index (Phi) is 4.00. The molecule has 0 spiro atoms. The van der Waals surface area contributed by atoms with E-state index in [2.05, 4.69) is 20.1 Å². The van der Waals surface area contributed by atoms with E-state index in [1.54, 1.807) is 6.33 Å². The smallest absolute Gasteiger partial charge is 0.223 e. The van der Waals surface area contributed by atoms with Crippen LogP contribution >= 0.6 is 0 Å². The molecule has 2 atom stereocenters. The summed E-state index contributed by atoms with van der Waals surface area (Å²) in [6.45, 7) is 2.02. The van der Waals surface area contributed by atoms with Crippen LogP contribution in [0.5, 0.6) is 0 Å². The van der Waals surface area contributed by atoms with Gasteiger partial charge in [-0.05, 0) is 38.1 Å². The quantitative estimate of drug-likeness (QED) is 0.799. The fourth-order valence-corrected chi connectivity index (χ4v) is 3.19. The summed E-state index contributed by atoms with van der Waals surface area (Å²) in [5.74, 6) is 2.30. The molecular weight excluding hydrogens is 254 g/mol. The Morgan fingerprint density at radius 2 is 2.25 bits per heavy atom. The maximum absolute atomic E-state index is 12.2. The molecule has 0 saturated heterocycles. The molecule has 0 unspecified atom stereocenters. The van der Waals surface area contributed by atoms with Crippen molar-refractivity contribution in [3.8, 4) is 0 Å². The number of nitrogens with two attached hydrogens (primary N) is 1. The van der Waals surface area contributed by atoms with Crippen LogP contribution in [0.25, 0.3) is 0 Å². The first kappa shape index (κ1) is 13.5. The van der Waals surface area contributed by atoms with Crippen molar-refractivity contribution in [3.63, 3.8) is 0 Å². The van der Waals surface area contributed by atoms with Crippen molar-refractivity contribution in [3.05, 3.63) is 12.2 Å². The predicted molar refractivity (Wildman–Crippen MR) is 74.9 cm³/mol. The Labute approximate surface area is 119 Å². The van der Waals surface area contributed by atoms with Gasteiger partial charge in [-0.25, -0.2) is 0 Å². The normalized spacial score (nSPS) is 25.9. The van der Waals surface area contributed by atoms with Crippen LogP contribution in [0, 0.1) is 11.8 Å². The third-order valence-electron chi connectivity index (χ3n) is 4.54. The second kappa shape index (κ2) is 5.91. The summed E-state index contributed by atoms with van der Waals surface area (Å²) in [4.78, 5) is 12.2. The minimum absolute atomic E-state index is 0.115. The lowest BCUT2D eigenvalue weighted by molar-refractivity contribution is -0.125. The summed E-state index contributed by atoms with van der Waals surface area (Å²) >= 11 is 0. The van der Waals surface area contributed by atoms with Crippen molar-refractivity contribution in [2.75, 3.05) is 13.1 Å². The van der Waals surface area contributed by atoms with Gasteiger partial charge < -0.3 is 15.6 Å². The first-order valence-corrected chi connectivity index (χ1v) is 7.65. The summed E-state index contributed by atoms with van der Waals surface area (Å²) in [5.41, 5.74) is 5.73. The predicted octanol–water partition coefficient (Wildman–Crippen LogP) is 0.647. The van der Waals surface area contributed by atoms with Crippen LogP contribution in [-0.4, -0.2) is 33.8 Å². The first-order chi connectivity index (χ1) is 9.79. The Morgan fingerprint density at radius 3 is 3.00 bits per heavy atom. The molecule has 1 aromatic heterocycles. The lowest BCUT2D eigenvalue weighted by atomic mass is 9.95. The number of carbonyl (C=O) groups excluding carboxylic acids is 1. The Morgan fingerprint density at radius 1 is 1.40 bits per heavy atom. The van der Waals surface area contributed by atoms with E-state index in [-0.39, 0.29) is 11.8 Å². The Bertz CT molecular complexity index is 468. The number of aromatic nitrogens is 3. The molecule has 2 saturated carbocycles. The van der Waals surface area contributed by atoms with E-state index in [9.17, 15) is 4.79 Å². The largest absolute Gasteiger partial charge is 0.354 e. The van der Waals surface area contributed by atoms with Gasteiger partial charge >= 0.3 is 0 Å². The lowest BCUT2D eigenvalue weighted by Gasteiger charge is -2.17. The number of carbonyl (C=O) groups is 1. The van der Waals surface area contributed by atoms with E-state index in [1.165, 1.54) is 12.8 Å². The molecule has 1 amide bonds. The highest BCUT2D eigenvalue weighted by atomic mass is 16.1.